The molecule has 3 nitrogen and oxygen atoms in total. The minimum Gasteiger partial charge on any atom is -0.387 e. The molecular formula is C9H15BrN2OS. The Morgan fingerprint density at radius 1 is 1.71 bits per heavy atom. The van der Waals surface area contributed by atoms with Crippen LogP contribution in [0.5, 0.6) is 0 Å². The Labute approximate surface area is 97.0 Å². The molecule has 1 atom stereocenters. The highest BCUT2D eigenvalue weighted by Gasteiger charge is 2.15. The molecule has 0 saturated heterocycles. The van der Waals surface area contributed by atoms with Crippen molar-refractivity contribution in [3.8, 4) is 0 Å². The van der Waals surface area contributed by atoms with Crippen LogP contribution in [-0.2, 0) is 7.05 Å². The first-order valence-electron chi connectivity index (χ1n) is 4.60. The quantitative estimate of drug-likeness (QED) is 0.841. The molecule has 0 spiro atoms. The molecule has 0 saturated carbocycles. The van der Waals surface area contributed by atoms with Crippen molar-refractivity contribution in [1.29, 1.82) is 0 Å². The molecule has 0 aliphatic heterocycles. The number of aliphatic hydroxyl groups is 1. The van der Waals surface area contributed by atoms with Crippen LogP contribution in [0.1, 0.15) is 25.1 Å². The lowest BCUT2D eigenvalue weighted by atomic mass is 10.2. The second kappa shape index (κ2) is 5.78. The van der Waals surface area contributed by atoms with E-state index in [9.17, 15) is 5.11 Å². The van der Waals surface area contributed by atoms with Crippen molar-refractivity contribution >= 4 is 27.7 Å². The smallest absolute Gasteiger partial charge is 0.0975 e. The van der Waals surface area contributed by atoms with Crippen LogP contribution in [0.15, 0.2) is 10.7 Å². The first-order chi connectivity index (χ1) is 6.66. The van der Waals surface area contributed by atoms with Crippen molar-refractivity contribution in [2.75, 3.05) is 11.5 Å². The van der Waals surface area contributed by atoms with Crippen molar-refractivity contribution in [1.82, 2.24) is 9.78 Å². The highest BCUT2D eigenvalue weighted by molar-refractivity contribution is 9.10. The minimum atomic E-state index is -0.420. The highest BCUT2D eigenvalue weighted by Crippen LogP contribution is 2.25. The number of nitrogens with zero attached hydrogens (tertiary/aromatic N) is 2. The fourth-order valence-electron chi connectivity index (χ4n) is 1.27. The van der Waals surface area contributed by atoms with E-state index < -0.39 is 6.10 Å². The van der Waals surface area contributed by atoms with E-state index in [1.165, 1.54) is 0 Å². The summed E-state index contributed by atoms with van der Waals surface area (Å²) in [5.74, 6) is 2.08. The maximum absolute atomic E-state index is 9.89. The van der Waals surface area contributed by atoms with Crippen LogP contribution in [-0.4, -0.2) is 26.4 Å². The molecule has 5 heteroatoms. The van der Waals surface area contributed by atoms with Crippen molar-refractivity contribution in [2.45, 2.75) is 19.4 Å². The molecule has 0 radical (unpaired) electrons. The van der Waals surface area contributed by atoms with E-state index in [0.717, 1.165) is 28.1 Å². The first kappa shape index (κ1) is 12.1. The fraction of sp³-hybridized carbons (Fsp3) is 0.667. The molecule has 80 valence electrons. The van der Waals surface area contributed by atoms with Gasteiger partial charge in [0.05, 0.1) is 22.5 Å². The summed E-state index contributed by atoms with van der Waals surface area (Å²) in [4.78, 5) is 0. The Kier molecular flexibility index (Phi) is 4.98. The molecule has 1 rings (SSSR count). The zero-order chi connectivity index (χ0) is 10.6. The van der Waals surface area contributed by atoms with Crippen LogP contribution < -0.4 is 0 Å². The normalized spacial score (nSPS) is 13.1. The van der Waals surface area contributed by atoms with Crippen LogP contribution in [0.2, 0.25) is 0 Å². The molecule has 0 aromatic carbocycles. The van der Waals surface area contributed by atoms with Gasteiger partial charge >= 0.3 is 0 Å². The molecule has 1 unspecified atom stereocenters. The van der Waals surface area contributed by atoms with Gasteiger partial charge < -0.3 is 5.11 Å². The van der Waals surface area contributed by atoms with E-state index in [2.05, 4.69) is 28.0 Å². The maximum Gasteiger partial charge on any atom is 0.0975 e. The third-order valence-corrected chi connectivity index (χ3v) is 3.54. The Morgan fingerprint density at radius 3 is 2.93 bits per heavy atom. The van der Waals surface area contributed by atoms with Gasteiger partial charge in [-0.3, -0.25) is 4.68 Å². The topological polar surface area (TPSA) is 38.1 Å². The summed E-state index contributed by atoms with van der Waals surface area (Å²) in [6.45, 7) is 2.12. The lowest BCUT2D eigenvalue weighted by molar-refractivity contribution is 0.164. The van der Waals surface area contributed by atoms with E-state index in [-0.39, 0.29) is 0 Å². The van der Waals surface area contributed by atoms with Crippen LogP contribution >= 0.6 is 27.7 Å². The highest BCUT2D eigenvalue weighted by atomic mass is 79.9. The van der Waals surface area contributed by atoms with Crippen molar-refractivity contribution in [3.05, 3.63) is 16.4 Å². The number of aromatic nitrogens is 2. The van der Waals surface area contributed by atoms with Gasteiger partial charge in [0.15, 0.2) is 0 Å². The van der Waals surface area contributed by atoms with Crippen LogP contribution in [0.3, 0.4) is 0 Å². The largest absolute Gasteiger partial charge is 0.387 e. The summed E-state index contributed by atoms with van der Waals surface area (Å²) in [5.41, 5.74) is 0.863. The number of hydrogen-bond acceptors (Lipinski definition) is 3. The molecule has 1 N–H and O–H groups in total. The first-order valence-corrected chi connectivity index (χ1v) is 6.54. The van der Waals surface area contributed by atoms with Gasteiger partial charge in [0, 0.05) is 7.05 Å². The molecule has 1 aromatic heterocycles. The minimum absolute atomic E-state index is 0.420. The summed E-state index contributed by atoms with van der Waals surface area (Å²) >= 11 is 5.22. The Morgan fingerprint density at radius 2 is 2.43 bits per heavy atom. The Balaban J connectivity index is 2.55. The summed E-state index contributed by atoms with van der Waals surface area (Å²) in [7, 11) is 1.84. The predicted molar refractivity (Wildman–Crippen MR) is 63.5 cm³/mol. The number of halogens is 1. The van der Waals surface area contributed by atoms with E-state index >= 15 is 0 Å². The van der Waals surface area contributed by atoms with Crippen molar-refractivity contribution < 1.29 is 5.11 Å². The van der Waals surface area contributed by atoms with E-state index in [4.69, 9.17) is 0 Å². The number of rotatable bonds is 5. The monoisotopic (exact) mass is 278 g/mol. The van der Waals surface area contributed by atoms with Gasteiger partial charge in [0.25, 0.3) is 0 Å². The second-order valence-electron chi connectivity index (χ2n) is 3.00. The maximum atomic E-state index is 9.89. The molecule has 14 heavy (non-hydrogen) atoms. The third-order valence-electron chi connectivity index (χ3n) is 1.99. The molecular weight excluding hydrogens is 264 g/mol. The zero-order valence-electron chi connectivity index (χ0n) is 8.40. The van der Waals surface area contributed by atoms with Gasteiger partial charge in [0.1, 0.15) is 0 Å². The molecule has 1 heterocycles. The number of thioether (sulfide) groups is 1. The summed E-state index contributed by atoms with van der Waals surface area (Å²) in [6, 6.07) is 0. The molecule has 0 aliphatic rings. The summed E-state index contributed by atoms with van der Waals surface area (Å²) < 4.78 is 2.60. The fourth-order valence-corrected chi connectivity index (χ4v) is 2.56. The Bertz CT molecular complexity index is 271. The van der Waals surface area contributed by atoms with Gasteiger partial charge in [-0.15, -0.1) is 0 Å². The zero-order valence-corrected chi connectivity index (χ0v) is 10.8. The van der Waals surface area contributed by atoms with Gasteiger partial charge in [-0.25, -0.2) is 0 Å². The standard InChI is InChI=1S/C9H15BrN2OS/c1-3-14-5-4-8(13)9-7(10)6-11-12(9)2/h6,8,13H,3-5H2,1-2H3. The number of hydrogen-bond donors (Lipinski definition) is 1. The average Bonchev–Trinajstić information content (AvgIpc) is 2.46. The van der Waals surface area contributed by atoms with E-state index in [0.29, 0.717) is 0 Å². The molecule has 1 aromatic rings. The van der Waals surface area contributed by atoms with Gasteiger partial charge in [-0.2, -0.15) is 16.9 Å². The van der Waals surface area contributed by atoms with Crippen molar-refractivity contribution in [3.63, 3.8) is 0 Å². The summed E-state index contributed by atoms with van der Waals surface area (Å²) in [5, 5.41) is 14.0. The number of aryl methyl sites for hydroxylation is 1. The lowest BCUT2D eigenvalue weighted by Gasteiger charge is -2.11. The molecule has 0 bridgehead atoms. The lowest BCUT2D eigenvalue weighted by Crippen LogP contribution is -2.06. The third kappa shape index (κ3) is 3.00. The van der Waals surface area contributed by atoms with E-state index in [1.54, 1.807) is 10.9 Å². The van der Waals surface area contributed by atoms with Crippen LogP contribution in [0.25, 0.3) is 0 Å². The van der Waals surface area contributed by atoms with Crippen LogP contribution in [0.4, 0.5) is 0 Å². The molecule has 0 aliphatic carbocycles. The van der Waals surface area contributed by atoms with Crippen LogP contribution in [0, 0.1) is 0 Å². The van der Waals surface area contributed by atoms with Gasteiger partial charge in [-0.1, -0.05) is 6.92 Å². The molecule has 0 amide bonds. The van der Waals surface area contributed by atoms with Gasteiger partial charge in [0.2, 0.25) is 0 Å². The van der Waals surface area contributed by atoms with Crippen molar-refractivity contribution in [2.24, 2.45) is 7.05 Å². The Hall–Kier alpha value is 0. The summed E-state index contributed by atoms with van der Waals surface area (Å²) in [6.07, 6.45) is 2.07. The SMILES string of the molecule is CCSCCC(O)c1c(Br)cnn1C. The molecule has 0 fully saturated rings. The second-order valence-corrected chi connectivity index (χ2v) is 5.25. The predicted octanol–water partition coefficient (Wildman–Crippen LogP) is 2.36. The average molecular weight is 279 g/mol. The van der Waals surface area contributed by atoms with E-state index in [1.807, 2.05) is 18.8 Å². The van der Waals surface area contributed by atoms with Gasteiger partial charge in [-0.05, 0) is 33.9 Å². The number of aliphatic hydroxyl groups excluding tert-OH is 1.